The van der Waals surface area contributed by atoms with Crippen molar-refractivity contribution in [2.75, 3.05) is 36.0 Å². The fraction of sp³-hybridized carbons (Fsp3) is 0.448. The van der Waals surface area contributed by atoms with E-state index in [1.165, 1.54) is 6.20 Å². The molecule has 0 spiro atoms. The number of urea groups is 1. The third kappa shape index (κ3) is 7.36. The standard InChI is InChI=1S/C29H33F3N6O3/c30-29(31,32)26-25(41-28(36-26)38-13-5-2-6-14-38)23(39)17-21-9-10-24(33-19-21)37-15-11-22(12-16-37)35-27(40)34-18-20-7-3-1-4-8-20/h1,3-4,7-10,19,22H,2,5-6,11-18H2,(H2,34,35,40). The fourth-order valence-electron chi connectivity index (χ4n) is 5.15. The van der Waals surface area contributed by atoms with Gasteiger partial charge in [0.15, 0.2) is 5.69 Å². The number of nitrogens with zero attached hydrogens (tertiary/aromatic N) is 4. The highest BCUT2D eigenvalue weighted by Crippen LogP contribution is 2.35. The second kappa shape index (κ2) is 12.6. The molecule has 9 nitrogen and oxygen atoms in total. The van der Waals surface area contributed by atoms with Crippen LogP contribution in [-0.2, 0) is 19.1 Å². The van der Waals surface area contributed by atoms with Crippen LogP contribution < -0.4 is 20.4 Å². The van der Waals surface area contributed by atoms with Gasteiger partial charge in [0, 0.05) is 51.4 Å². The number of alkyl halides is 3. The van der Waals surface area contributed by atoms with Crippen molar-refractivity contribution in [3.8, 4) is 0 Å². The average molecular weight is 571 g/mol. The number of hydrogen-bond acceptors (Lipinski definition) is 7. The Kier molecular flexibility index (Phi) is 8.75. The number of aromatic nitrogens is 2. The van der Waals surface area contributed by atoms with Crippen molar-refractivity contribution < 1.29 is 27.2 Å². The lowest BCUT2D eigenvalue weighted by Crippen LogP contribution is -2.48. The molecule has 0 aliphatic carbocycles. The monoisotopic (exact) mass is 570 g/mol. The van der Waals surface area contributed by atoms with E-state index in [0.717, 1.165) is 37.7 Å². The van der Waals surface area contributed by atoms with Crippen molar-refractivity contribution in [3.63, 3.8) is 0 Å². The van der Waals surface area contributed by atoms with Crippen molar-refractivity contribution >= 4 is 23.6 Å². The summed E-state index contributed by atoms with van der Waals surface area (Å²) in [5.41, 5.74) is 0.227. The van der Waals surface area contributed by atoms with Gasteiger partial charge in [-0.15, -0.1) is 0 Å². The molecule has 12 heteroatoms. The van der Waals surface area contributed by atoms with E-state index in [4.69, 9.17) is 4.42 Å². The van der Waals surface area contributed by atoms with Gasteiger partial charge in [-0.3, -0.25) is 4.79 Å². The number of rotatable bonds is 8. The summed E-state index contributed by atoms with van der Waals surface area (Å²) in [4.78, 5) is 37.0. The Bertz CT molecular complexity index is 1320. The summed E-state index contributed by atoms with van der Waals surface area (Å²) in [6.45, 7) is 2.91. The van der Waals surface area contributed by atoms with Crippen LogP contribution in [0.15, 0.2) is 53.1 Å². The van der Waals surface area contributed by atoms with Gasteiger partial charge in [-0.2, -0.15) is 18.2 Å². The SMILES string of the molecule is O=C(NCc1ccccc1)NC1CCN(c2ccc(CC(=O)c3oc(N4CCCCC4)nc3C(F)(F)F)cn2)CC1. The minimum Gasteiger partial charge on any atom is -0.420 e. The van der Waals surface area contributed by atoms with E-state index < -0.39 is 23.4 Å². The maximum absolute atomic E-state index is 13.7. The second-order valence-electron chi connectivity index (χ2n) is 10.4. The Labute approximate surface area is 236 Å². The summed E-state index contributed by atoms with van der Waals surface area (Å²) in [6, 6.07) is 12.8. The molecule has 4 heterocycles. The van der Waals surface area contributed by atoms with E-state index in [1.54, 1.807) is 17.0 Å². The van der Waals surface area contributed by atoms with Gasteiger partial charge in [-0.25, -0.2) is 9.78 Å². The molecule has 2 aromatic heterocycles. The van der Waals surface area contributed by atoms with E-state index in [2.05, 4.69) is 25.5 Å². The number of pyridine rings is 1. The highest BCUT2D eigenvalue weighted by molar-refractivity contribution is 5.96. The van der Waals surface area contributed by atoms with Crippen molar-refractivity contribution in [2.24, 2.45) is 0 Å². The number of ketones is 1. The molecule has 2 aliphatic heterocycles. The Balaban J connectivity index is 1.13. The number of amides is 2. The molecule has 2 fully saturated rings. The van der Waals surface area contributed by atoms with Gasteiger partial charge in [0.1, 0.15) is 5.82 Å². The number of piperidine rings is 2. The molecular formula is C29H33F3N6O3. The van der Waals surface area contributed by atoms with Gasteiger partial charge in [0.25, 0.3) is 6.01 Å². The molecule has 0 unspecified atom stereocenters. The largest absolute Gasteiger partial charge is 0.437 e. The molecule has 0 bridgehead atoms. The van der Waals surface area contributed by atoms with Crippen molar-refractivity contribution in [1.29, 1.82) is 0 Å². The lowest BCUT2D eigenvalue weighted by Gasteiger charge is -2.33. The molecule has 1 aromatic carbocycles. The summed E-state index contributed by atoms with van der Waals surface area (Å²) in [7, 11) is 0. The predicted molar refractivity (Wildman–Crippen MR) is 147 cm³/mol. The maximum Gasteiger partial charge on any atom is 0.437 e. The molecule has 41 heavy (non-hydrogen) atoms. The van der Waals surface area contributed by atoms with Crippen LogP contribution >= 0.6 is 0 Å². The Morgan fingerprint density at radius 3 is 2.32 bits per heavy atom. The number of benzene rings is 1. The first kappa shape index (κ1) is 28.4. The number of carbonyl (C=O) groups is 2. The van der Waals surface area contributed by atoms with E-state index in [9.17, 15) is 22.8 Å². The van der Waals surface area contributed by atoms with Crippen LogP contribution in [0.2, 0.25) is 0 Å². The summed E-state index contributed by atoms with van der Waals surface area (Å²) < 4.78 is 46.4. The Morgan fingerprint density at radius 1 is 0.927 bits per heavy atom. The molecule has 3 aromatic rings. The van der Waals surface area contributed by atoms with Crippen molar-refractivity contribution in [3.05, 3.63) is 71.2 Å². The first-order valence-corrected chi connectivity index (χ1v) is 13.9. The smallest absolute Gasteiger partial charge is 0.420 e. The third-order valence-electron chi connectivity index (χ3n) is 7.39. The van der Waals surface area contributed by atoms with Crippen LogP contribution in [0.5, 0.6) is 0 Å². The lowest BCUT2D eigenvalue weighted by molar-refractivity contribution is -0.141. The summed E-state index contributed by atoms with van der Waals surface area (Å²) in [5, 5.41) is 5.89. The number of nitrogens with one attached hydrogen (secondary N) is 2. The van der Waals surface area contributed by atoms with Crippen molar-refractivity contribution in [1.82, 2.24) is 20.6 Å². The highest BCUT2D eigenvalue weighted by atomic mass is 19.4. The molecule has 2 N–H and O–H groups in total. The zero-order chi connectivity index (χ0) is 28.8. The molecule has 0 radical (unpaired) electrons. The van der Waals surface area contributed by atoms with E-state index in [0.29, 0.717) is 44.1 Å². The average Bonchev–Trinajstić information content (AvgIpc) is 3.45. The van der Waals surface area contributed by atoms with Crippen LogP contribution in [-0.4, -0.2) is 54.0 Å². The maximum atomic E-state index is 13.7. The van der Waals surface area contributed by atoms with Crippen LogP contribution in [0.25, 0.3) is 0 Å². The minimum absolute atomic E-state index is 0.0403. The quantitative estimate of drug-likeness (QED) is 0.369. The predicted octanol–water partition coefficient (Wildman–Crippen LogP) is 4.97. The first-order valence-electron chi connectivity index (χ1n) is 13.9. The fourth-order valence-corrected chi connectivity index (χ4v) is 5.15. The van der Waals surface area contributed by atoms with Gasteiger partial charge in [0.05, 0.1) is 0 Å². The molecule has 2 amide bonds. The zero-order valence-electron chi connectivity index (χ0n) is 22.6. The van der Waals surface area contributed by atoms with Crippen LogP contribution in [0.3, 0.4) is 0 Å². The lowest BCUT2D eigenvalue weighted by atomic mass is 10.0. The normalized spacial score (nSPS) is 16.5. The second-order valence-corrected chi connectivity index (χ2v) is 10.4. The minimum atomic E-state index is -4.80. The highest BCUT2D eigenvalue weighted by Gasteiger charge is 2.41. The van der Waals surface area contributed by atoms with Gasteiger partial charge in [0.2, 0.25) is 11.5 Å². The summed E-state index contributed by atoms with van der Waals surface area (Å²) in [5.74, 6) is -0.846. The van der Waals surface area contributed by atoms with Crippen LogP contribution in [0.1, 0.15) is 59.5 Å². The summed E-state index contributed by atoms with van der Waals surface area (Å²) in [6.07, 6.45) is 0.580. The molecule has 0 atom stereocenters. The number of carbonyl (C=O) groups excluding carboxylic acids is 2. The van der Waals surface area contributed by atoms with Gasteiger partial charge >= 0.3 is 12.2 Å². The van der Waals surface area contributed by atoms with Crippen molar-refractivity contribution in [2.45, 2.75) is 57.3 Å². The number of hydrogen-bond donors (Lipinski definition) is 2. The summed E-state index contributed by atoms with van der Waals surface area (Å²) >= 11 is 0. The first-order chi connectivity index (χ1) is 19.8. The molecule has 0 saturated carbocycles. The molecular weight excluding hydrogens is 537 g/mol. The van der Waals surface area contributed by atoms with Crippen LogP contribution in [0, 0.1) is 0 Å². The molecule has 2 aliphatic rings. The number of Topliss-reactive ketones (excluding diaryl/α,β-unsaturated/α-hetero) is 1. The van der Waals surface area contributed by atoms with E-state index >= 15 is 0 Å². The van der Waals surface area contributed by atoms with E-state index in [1.807, 2.05) is 30.3 Å². The molecule has 5 rings (SSSR count). The van der Waals surface area contributed by atoms with Gasteiger partial charge in [-0.05, 0) is 49.3 Å². The van der Waals surface area contributed by atoms with Gasteiger partial charge < -0.3 is 24.9 Å². The number of oxazole rings is 1. The molecule has 2 saturated heterocycles. The van der Waals surface area contributed by atoms with E-state index in [-0.39, 0.29) is 24.5 Å². The number of halogens is 3. The Morgan fingerprint density at radius 2 is 1.66 bits per heavy atom. The number of anilines is 2. The third-order valence-corrected chi connectivity index (χ3v) is 7.39. The zero-order valence-corrected chi connectivity index (χ0v) is 22.6. The van der Waals surface area contributed by atoms with Gasteiger partial charge in [-0.1, -0.05) is 36.4 Å². The van der Waals surface area contributed by atoms with Crippen LogP contribution in [0.4, 0.5) is 29.8 Å². The topological polar surface area (TPSA) is 104 Å². The Hall–Kier alpha value is -4.09. The molecule has 218 valence electrons.